The molecule has 0 aliphatic carbocycles. The van der Waals surface area contributed by atoms with Crippen LogP contribution in [0.2, 0.25) is 0 Å². The largest absolute Gasteiger partial charge is 0.478 e. The quantitative estimate of drug-likeness (QED) is 0.774. The molecule has 0 spiro atoms. The van der Waals surface area contributed by atoms with Gasteiger partial charge in [-0.3, -0.25) is 0 Å². The lowest BCUT2D eigenvalue weighted by molar-refractivity contribution is 0.0696. The monoisotopic (exact) mass is 285 g/mol. The Bertz CT molecular complexity index is 436. The Hall–Kier alpha value is -1.08. The van der Waals surface area contributed by atoms with Gasteiger partial charge in [0.2, 0.25) is 0 Å². The standard InChI is InChI=1S/C11H15N3O2S2/c12-9-3-7(11(15)16)4-13-10(9)14-5-8-6-17-1-2-18-8/h3-4,8H,1-2,5-6,12H2,(H,13,14)(H,15,16). The van der Waals surface area contributed by atoms with Crippen LogP contribution < -0.4 is 11.1 Å². The van der Waals surface area contributed by atoms with Gasteiger partial charge in [-0.05, 0) is 6.07 Å². The van der Waals surface area contributed by atoms with E-state index in [0.29, 0.717) is 16.8 Å². The van der Waals surface area contributed by atoms with Crippen LogP contribution in [0.5, 0.6) is 0 Å². The van der Waals surface area contributed by atoms with Crippen LogP contribution >= 0.6 is 23.5 Å². The fourth-order valence-electron chi connectivity index (χ4n) is 1.61. The molecular weight excluding hydrogens is 270 g/mol. The number of nitrogen functional groups attached to an aromatic ring is 1. The number of pyridine rings is 1. The van der Waals surface area contributed by atoms with Crippen LogP contribution in [-0.4, -0.2) is 45.1 Å². The number of aromatic nitrogens is 1. The number of carboxylic acids is 1. The number of thioether (sulfide) groups is 2. The van der Waals surface area contributed by atoms with Crippen LogP contribution in [0.1, 0.15) is 10.4 Å². The molecule has 1 aliphatic rings. The molecule has 0 aromatic carbocycles. The molecule has 0 bridgehead atoms. The van der Waals surface area contributed by atoms with Crippen LogP contribution in [-0.2, 0) is 0 Å². The summed E-state index contributed by atoms with van der Waals surface area (Å²) in [5.41, 5.74) is 6.26. The molecule has 1 saturated heterocycles. The molecule has 1 aromatic heterocycles. The van der Waals surface area contributed by atoms with Gasteiger partial charge >= 0.3 is 5.97 Å². The van der Waals surface area contributed by atoms with Gasteiger partial charge in [-0.15, -0.1) is 0 Å². The van der Waals surface area contributed by atoms with Gasteiger partial charge in [-0.1, -0.05) is 0 Å². The number of nitrogens with two attached hydrogens (primary N) is 1. The van der Waals surface area contributed by atoms with E-state index < -0.39 is 5.97 Å². The summed E-state index contributed by atoms with van der Waals surface area (Å²) in [5, 5.41) is 12.6. The number of hydrogen-bond donors (Lipinski definition) is 3. The van der Waals surface area contributed by atoms with Crippen LogP contribution in [0.3, 0.4) is 0 Å². The maximum absolute atomic E-state index is 10.7. The Morgan fingerprint density at radius 1 is 1.61 bits per heavy atom. The molecule has 1 atom stereocenters. The highest BCUT2D eigenvalue weighted by Crippen LogP contribution is 2.25. The van der Waals surface area contributed by atoms with E-state index in [-0.39, 0.29) is 5.56 Å². The zero-order chi connectivity index (χ0) is 13.0. The second-order valence-electron chi connectivity index (χ2n) is 3.92. The minimum atomic E-state index is -1.01. The molecule has 4 N–H and O–H groups in total. The number of aromatic carboxylic acids is 1. The highest BCUT2D eigenvalue weighted by atomic mass is 32.2. The number of rotatable bonds is 4. The predicted molar refractivity (Wildman–Crippen MR) is 77.7 cm³/mol. The number of nitrogens with zero attached hydrogens (tertiary/aromatic N) is 1. The second-order valence-corrected chi connectivity index (χ2v) is 6.47. The molecule has 1 unspecified atom stereocenters. The lowest BCUT2D eigenvalue weighted by Gasteiger charge is -2.21. The molecule has 2 heterocycles. The minimum Gasteiger partial charge on any atom is -0.478 e. The highest BCUT2D eigenvalue weighted by molar-refractivity contribution is 8.06. The van der Waals surface area contributed by atoms with Crippen molar-refractivity contribution in [3.05, 3.63) is 17.8 Å². The van der Waals surface area contributed by atoms with E-state index in [4.69, 9.17) is 10.8 Å². The van der Waals surface area contributed by atoms with Crippen molar-refractivity contribution in [2.45, 2.75) is 5.25 Å². The number of carboxylic acid groups (broad SMARTS) is 1. The lowest BCUT2D eigenvalue weighted by Crippen LogP contribution is -2.24. The number of anilines is 2. The van der Waals surface area contributed by atoms with Gasteiger partial charge in [0.05, 0.1) is 11.3 Å². The zero-order valence-electron chi connectivity index (χ0n) is 9.76. The molecule has 1 aliphatic heterocycles. The topological polar surface area (TPSA) is 88.2 Å². The molecular formula is C11H15N3O2S2. The van der Waals surface area contributed by atoms with Gasteiger partial charge in [0.1, 0.15) is 5.82 Å². The number of carbonyl (C=O) groups is 1. The summed E-state index contributed by atoms with van der Waals surface area (Å²) in [6, 6.07) is 1.43. The van der Waals surface area contributed by atoms with Crippen LogP contribution in [0, 0.1) is 0 Å². The molecule has 1 aromatic rings. The third-order valence-electron chi connectivity index (χ3n) is 2.55. The van der Waals surface area contributed by atoms with Crippen molar-refractivity contribution in [1.29, 1.82) is 0 Å². The van der Waals surface area contributed by atoms with Crippen molar-refractivity contribution in [2.75, 3.05) is 34.9 Å². The smallest absolute Gasteiger partial charge is 0.337 e. The van der Waals surface area contributed by atoms with Gasteiger partial charge < -0.3 is 16.2 Å². The van der Waals surface area contributed by atoms with Gasteiger partial charge in [0, 0.05) is 35.3 Å². The average molecular weight is 285 g/mol. The van der Waals surface area contributed by atoms with E-state index in [9.17, 15) is 4.79 Å². The average Bonchev–Trinajstić information content (AvgIpc) is 2.38. The summed E-state index contributed by atoms with van der Waals surface area (Å²) in [6.45, 7) is 0.807. The molecule has 5 nitrogen and oxygen atoms in total. The summed E-state index contributed by atoms with van der Waals surface area (Å²) in [7, 11) is 0. The van der Waals surface area contributed by atoms with Crippen molar-refractivity contribution in [3.8, 4) is 0 Å². The second kappa shape index (κ2) is 6.19. The summed E-state index contributed by atoms with van der Waals surface area (Å²) in [5.74, 6) is 3.08. The van der Waals surface area contributed by atoms with E-state index >= 15 is 0 Å². The fourth-order valence-corrected chi connectivity index (χ4v) is 4.22. The van der Waals surface area contributed by atoms with Crippen molar-refractivity contribution in [2.24, 2.45) is 0 Å². The Labute approximate surface area is 114 Å². The third kappa shape index (κ3) is 3.46. The molecule has 98 valence electrons. The SMILES string of the molecule is Nc1cc(C(=O)O)cnc1NCC1CSCCS1. The molecule has 0 radical (unpaired) electrons. The zero-order valence-corrected chi connectivity index (χ0v) is 11.4. The van der Waals surface area contributed by atoms with Crippen LogP contribution in [0.15, 0.2) is 12.3 Å². The predicted octanol–water partition coefficient (Wildman–Crippen LogP) is 1.62. The molecule has 18 heavy (non-hydrogen) atoms. The Morgan fingerprint density at radius 2 is 2.44 bits per heavy atom. The van der Waals surface area contributed by atoms with Crippen molar-refractivity contribution in [3.63, 3.8) is 0 Å². The first kappa shape index (κ1) is 13.4. The van der Waals surface area contributed by atoms with Gasteiger partial charge in [0.25, 0.3) is 0 Å². The minimum absolute atomic E-state index is 0.112. The summed E-state index contributed by atoms with van der Waals surface area (Å²) >= 11 is 3.91. The molecule has 1 fully saturated rings. The molecule has 0 amide bonds. The number of hydrogen-bond acceptors (Lipinski definition) is 6. The van der Waals surface area contributed by atoms with Gasteiger partial charge in [-0.2, -0.15) is 23.5 Å². The van der Waals surface area contributed by atoms with E-state index in [1.807, 2.05) is 23.5 Å². The highest BCUT2D eigenvalue weighted by Gasteiger charge is 2.15. The Kier molecular flexibility index (Phi) is 4.60. The fraction of sp³-hybridized carbons (Fsp3) is 0.455. The maximum Gasteiger partial charge on any atom is 0.337 e. The lowest BCUT2D eigenvalue weighted by atomic mass is 10.2. The normalized spacial score (nSPS) is 19.4. The van der Waals surface area contributed by atoms with Crippen LogP contribution in [0.4, 0.5) is 11.5 Å². The van der Waals surface area contributed by atoms with E-state index in [1.165, 1.54) is 23.8 Å². The van der Waals surface area contributed by atoms with Crippen molar-refractivity contribution in [1.82, 2.24) is 4.98 Å². The van der Waals surface area contributed by atoms with Crippen molar-refractivity contribution >= 4 is 41.0 Å². The Balaban J connectivity index is 1.94. The third-order valence-corrected chi connectivity index (χ3v) is 5.39. The first-order valence-electron chi connectivity index (χ1n) is 5.59. The van der Waals surface area contributed by atoms with Gasteiger partial charge in [0.15, 0.2) is 0 Å². The maximum atomic E-state index is 10.7. The van der Waals surface area contributed by atoms with Gasteiger partial charge in [-0.25, -0.2) is 9.78 Å². The summed E-state index contributed by atoms with van der Waals surface area (Å²) < 4.78 is 0. The van der Waals surface area contributed by atoms with Crippen LogP contribution in [0.25, 0.3) is 0 Å². The molecule has 0 saturated carbocycles. The van der Waals surface area contributed by atoms with Crippen molar-refractivity contribution < 1.29 is 9.90 Å². The summed E-state index contributed by atoms with van der Waals surface area (Å²) in [6.07, 6.45) is 1.32. The van der Waals surface area contributed by atoms with E-state index in [2.05, 4.69) is 10.3 Å². The van der Waals surface area contributed by atoms with E-state index in [0.717, 1.165) is 12.3 Å². The Morgan fingerprint density at radius 3 is 3.06 bits per heavy atom. The molecule has 7 heteroatoms. The summed E-state index contributed by atoms with van der Waals surface area (Å²) in [4.78, 5) is 14.8. The number of nitrogens with one attached hydrogen (secondary N) is 1. The van der Waals surface area contributed by atoms with E-state index in [1.54, 1.807) is 0 Å². The molecule has 2 rings (SSSR count). The first-order chi connectivity index (χ1) is 8.66. The first-order valence-corrected chi connectivity index (χ1v) is 7.79.